The normalized spacial score (nSPS) is 25.8. The average molecular weight is 471 g/mol. The minimum absolute atomic E-state index is 0.141. The Balaban J connectivity index is 1.49. The second kappa shape index (κ2) is 6.74. The molecule has 6 nitrogen and oxygen atoms in total. The first kappa shape index (κ1) is 21.3. The van der Waals surface area contributed by atoms with Crippen LogP contribution in [0.3, 0.4) is 0 Å². The van der Waals surface area contributed by atoms with Crippen molar-refractivity contribution in [1.82, 2.24) is 5.06 Å². The van der Waals surface area contributed by atoms with E-state index in [1.807, 2.05) is 0 Å². The van der Waals surface area contributed by atoms with Gasteiger partial charge >= 0.3 is 21.3 Å². The number of halogens is 4. The monoisotopic (exact) mass is 471 g/mol. The summed E-state index contributed by atoms with van der Waals surface area (Å²) < 4.78 is 88.1. The van der Waals surface area contributed by atoms with Crippen LogP contribution in [0.2, 0.25) is 0 Å². The molecule has 2 fully saturated rings. The summed E-state index contributed by atoms with van der Waals surface area (Å²) >= 11 is 0. The summed E-state index contributed by atoms with van der Waals surface area (Å²) in [5, 5.41) is -5.34. The molecule has 3 atom stereocenters. The van der Waals surface area contributed by atoms with Gasteiger partial charge in [-0.2, -0.15) is 26.0 Å². The Morgan fingerprint density at radius 3 is 2.00 bits per heavy atom. The Bertz CT molecular complexity index is 1210. The molecule has 2 aliphatic carbocycles. The van der Waals surface area contributed by atoms with Gasteiger partial charge < -0.3 is 0 Å². The van der Waals surface area contributed by atoms with Crippen molar-refractivity contribution in [3.8, 4) is 0 Å². The zero-order chi connectivity index (χ0) is 23.1. The molecule has 2 bridgehead atoms. The molecule has 0 N–H and O–H groups in total. The second-order valence-corrected chi connectivity index (χ2v) is 10.1. The van der Waals surface area contributed by atoms with E-state index >= 15 is 0 Å². The standard InChI is InChI=1S/C21H17F4NO5S/c22-20(23,16-10-11-7-8-13(16)9-11)21(24,25)32(29,30)31-26-18(27)14-5-1-3-12-4-2-6-15(17(12)14)19(26)28/h1-6,11,13,16H,7-10H2. The van der Waals surface area contributed by atoms with E-state index in [2.05, 4.69) is 4.28 Å². The maximum Gasteiger partial charge on any atom is 0.433 e. The third-order valence-corrected chi connectivity index (χ3v) is 8.06. The van der Waals surface area contributed by atoms with E-state index in [1.165, 1.54) is 24.3 Å². The van der Waals surface area contributed by atoms with Crippen LogP contribution in [-0.2, 0) is 14.4 Å². The van der Waals surface area contributed by atoms with Crippen LogP contribution in [0.5, 0.6) is 0 Å². The van der Waals surface area contributed by atoms with E-state index in [0.29, 0.717) is 24.6 Å². The number of carbonyl (C=O) groups excluding carboxylic acids is 2. The highest BCUT2D eigenvalue weighted by molar-refractivity contribution is 7.87. The van der Waals surface area contributed by atoms with Crippen LogP contribution in [-0.4, -0.2) is 36.5 Å². The lowest BCUT2D eigenvalue weighted by Gasteiger charge is -2.35. The summed E-state index contributed by atoms with van der Waals surface area (Å²) in [6.07, 6.45) is 1.11. The topological polar surface area (TPSA) is 80.8 Å². The van der Waals surface area contributed by atoms with Crippen molar-refractivity contribution in [2.75, 3.05) is 0 Å². The van der Waals surface area contributed by atoms with Gasteiger partial charge in [0.1, 0.15) is 0 Å². The highest BCUT2D eigenvalue weighted by Crippen LogP contribution is 2.58. The molecule has 0 spiro atoms. The number of hydrogen-bond donors (Lipinski definition) is 0. The molecule has 0 saturated heterocycles. The molecule has 170 valence electrons. The molecule has 3 aliphatic rings. The number of amides is 2. The predicted molar refractivity (Wildman–Crippen MR) is 103 cm³/mol. The highest BCUT2D eigenvalue weighted by atomic mass is 32.2. The van der Waals surface area contributed by atoms with Crippen molar-refractivity contribution in [3.05, 3.63) is 47.5 Å². The molecule has 11 heteroatoms. The molecule has 1 heterocycles. The van der Waals surface area contributed by atoms with Gasteiger partial charge in [0, 0.05) is 11.3 Å². The van der Waals surface area contributed by atoms with Gasteiger partial charge in [0.15, 0.2) is 0 Å². The number of fused-ring (bicyclic) bond motifs is 2. The largest absolute Gasteiger partial charge is 0.433 e. The van der Waals surface area contributed by atoms with Crippen LogP contribution in [0.4, 0.5) is 17.6 Å². The van der Waals surface area contributed by atoms with Crippen LogP contribution in [0, 0.1) is 17.8 Å². The van der Waals surface area contributed by atoms with E-state index in [-0.39, 0.29) is 33.9 Å². The Morgan fingerprint density at radius 2 is 1.50 bits per heavy atom. The van der Waals surface area contributed by atoms with Crippen molar-refractivity contribution in [2.45, 2.75) is 36.9 Å². The quantitative estimate of drug-likeness (QED) is 0.478. The minimum atomic E-state index is -6.41. The van der Waals surface area contributed by atoms with E-state index < -0.39 is 44.9 Å². The van der Waals surface area contributed by atoms with Gasteiger partial charge in [-0.25, -0.2) is 0 Å². The molecule has 1 aliphatic heterocycles. The third kappa shape index (κ3) is 2.76. The Hall–Kier alpha value is -2.53. The fourth-order valence-corrected chi connectivity index (χ4v) is 6.20. The second-order valence-electron chi connectivity index (χ2n) is 8.56. The van der Waals surface area contributed by atoms with Gasteiger partial charge in [-0.1, -0.05) is 30.7 Å². The van der Waals surface area contributed by atoms with Crippen molar-refractivity contribution in [1.29, 1.82) is 0 Å². The van der Waals surface area contributed by atoms with Gasteiger partial charge in [-0.15, -0.1) is 9.35 Å². The first-order chi connectivity index (χ1) is 15.0. The molecule has 3 unspecified atom stereocenters. The third-order valence-electron chi connectivity index (χ3n) is 6.81. The van der Waals surface area contributed by atoms with Gasteiger partial charge in [0.25, 0.3) is 11.8 Å². The summed E-state index contributed by atoms with van der Waals surface area (Å²) in [6.45, 7) is 0. The van der Waals surface area contributed by atoms with E-state index in [9.17, 15) is 35.6 Å². The van der Waals surface area contributed by atoms with Gasteiger partial charge in [0.05, 0.1) is 11.1 Å². The van der Waals surface area contributed by atoms with Gasteiger partial charge in [0.2, 0.25) is 0 Å². The van der Waals surface area contributed by atoms with Crippen LogP contribution in [0.25, 0.3) is 10.8 Å². The van der Waals surface area contributed by atoms with Crippen LogP contribution < -0.4 is 0 Å². The highest BCUT2D eigenvalue weighted by Gasteiger charge is 2.73. The number of nitrogens with zero attached hydrogens (tertiary/aromatic N) is 1. The summed E-state index contributed by atoms with van der Waals surface area (Å²) in [5.41, 5.74) is -0.341. The fraction of sp³-hybridized carbons (Fsp3) is 0.429. The van der Waals surface area contributed by atoms with E-state index in [4.69, 9.17) is 0 Å². The van der Waals surface area contributed by atoms with E-state index in [0.717, 1.165) is 0 Å². The lowest BCUT2D eigenvalue weighted by molar-refractivity contribution is -0.206. The molecule has 0 radical (unpaired) electrons. The SMILES string of the molecule is O=C1c2cccc3cccc(c23)C(=O)N1OS(=O)(=O)C(F)(F)C(F)(F)C1CC2CCC1C2. The lowest BCUT2D eigenvalue weighted by atomic mass is 9.84. The zero-order valence-corrected chi connectivity index (χ0v) is 17.2. The Kier molecular flexibility index (Phi) is 4.49. The molecule has 32 heavy (non-hydrogen) atoms. The van der Waals surface area contributed by atoms with Crippen LogP contribution >= 0.6 is 0 Å². The van der Waals surface area contributed by atoms with E-state index in [1.54, 1.807) is 12.1 Å². The van der Waals surface area contributed by atoms with Gasteiger partial charge in [-0.3, -0.25) is 9.59 Å². The first-order valence-corrected chi connectivity index (χ1v) is 11.5. The Labute approximate surface area is 180 Å². The minimum Gasteiger partial charge on any atom is -0.266 e. The maximum absolute atomic E-state index is 14.8. The number of imide groups is 1. The molecule has 2 saturated carbocycles. The molecule has 0 aromatic heterocycles. The molecule has 2 aromatic rings. The van der Waals surface area contributed by atoms with Crippen molar-refractivity contribution in [2.24, 2.45) is 17.8 Å². The predicted octanol–water partition coefficient (Wildman–Crippen LogP) is 4.36. The van der Waals surface area contributed by atoms with Crippen LogP contribution in [0.15, 0.2) is 36.4 Å². The Morgan fingerprint density at radius 1 is 0.906 bits per heavy atom. The summed E-state index contributed by atoms with van der Waals surface area (Å²) in [7, 11) is -6.41. The molecular formula is C21H17F4NO5S. The summed E-state index contributed by atoms with van der Waals surface area (Å²) in [6, 6.07) is 8.59. The number of benzene rings is 2. The zero-order valence-electron chi connectivity index (χ0n) is 16.4. The number of hydrogen-bond acceptors (Lipinski definition) is 5. The van der Waals surface area contributed by atoms with Crippen molar-refractivity contribution < 1.29 is 39.9 Å². The van der Waals surface area contributed by atoms with Crippen molar-refractivity contribution in [3.63, 3.8) is 0 Å². The first-order valence-electron chi connectivity index (χ1n) is 10.1. The number of rotatable bonds is 5. The van der Waals surface area contributed by atoms with Crippen LogP contribution in [0.1, 0.15) is 46.4 Å². The smallest absolute Gasteiger partial charge is 0.266 e. The fourth-order valence-electron chi connectivity index (χ4n) is 5.29. The number of alkyl halides is 4. The molecule has 2 aromatic carbocycles. The summed E-state index contributed by atoms with van der Waals surface area (Å²) in [5.74, 6) is -10.3. The number of carbonyl (C=O) groups is 2. The number of hydroxylamine groups is 2. The average Bonchev–Trinajstić information content (AvgIpc) is 3.38. The molecular weight excluding hydrogens is 454 g/mol. The van der Waals surface area contributed by atoms with Crippen molar-refractivity contribution >= 4 is 32.7 Å². The van der Waals surface area contributed by atoms with Gasteiger partial charge in [-0.05, 0) is 48.6 Å². The molecule has 2 amide bonds. The lowest BCUT2D eigenvalue weighted by Crippen LogP contribution is -2.55. The summed E-state index contributed by atoms with van der Waals surface area (Å²) in [4.78, 5) is 25.4. The molecule has 5 rings (SSSR count). The maximum atomic E-state index is 14.8.